The summed E-state index contributed by atoms with van der Waals surface area (Å²) in [6.07, 6.45) is 4.18. The van der Waals surface area contributed by atoms with Crippen LogP contribution in [0.1, 0.15) is 57.9 Å². The van der Waals surface area contributed by atoms with Gasteiger partial charge in [-0.05, 0) is 61.8 Å². The van der Waals surface area contributed by atoms with Gasteiger partial charge in [-0.1, -0.05) is 44.2 Å². The van der Waals surface area contributed by atoms with Crippen molar-refractivity contribution in [2.45, 2.75) is 64.5 Å². The van der Waals surface area contributed by atoms with Gasteiger partial charge in [-0.15, -0.1) is 0 Å². The van der Waals surface area contributed by atoms with Gasteiger partial charge in [-0.25, -0.2) is 4.79 Å². The average Bonchev–Trinajstić information content (AvgIpc) is 2.83. The van der Waals surface area contributed by atoms with E-state index in [4.69, 9.17) is 10.5 Å². The van der Waals surface area contributed by atoms with Crippen molar-refractivity contribution in [1.29, 1.82) is 0 Å². The molecule has 4 fully saturated rings. The lowest BCUT2D eigenvalue weighted by Gasteiger charge is -2.58. The van der Waals surface area contributed by atoms with E-state index in [-0.39, 0.29) is 30.5 Å². The molecular formula is C28H36N4O6. The van der Waals surface area contributed by atoms with Gasteiger partial charge in [0.25, 0.3) is 11.5 Å². The second kappa shape index (κ2) is 9.72. The normalized spacial score (nSPS) is 27.5. The Morgan fingerprint density at radius 2 is 1.82 bits per heavy atom. The average molecular weight is 525 g/mol. The number of ether oxygens (including phenoxy) is 1. The molecule has 38 heavy (non-hydrogen) atoms. The lowest BCUT2D eigenvalue weighted by molar-refractivity contribution is -0.196. The fraction of sp³-hybridized carbons (Fsp3) is 0.571. The molecule has 1 aromatic carbocycles. The van der Waals surface area contributed by atoms with Crippen LogP contribution in [0.4, 0.5) is 11.5 Å². The molecule has 0 aliphatic heterocycles. The van der Waals surface area contributed by atoms with E-state index in [0.29, 0.717) is 31.1 Å². The van der Waals surface area contributed by atoms with E-state index in [2.05, 4.69) is 4.98 Å². The Labute approximate surface area is 220 Å². The number of nitrogens with zero attached hydrogens (tertiary/aromatic N) is 2. The van der Waals surface area contributed by atoms with Gasteiger partial charge in [0.2, 0.25) is 0 Å². The lowest BCUT2D eigenvalue weighted by atomic mass is 9.48. The Balaban J connectivity index is 1.38. The van der Waals surface area contributed by atoms with Crippen molar-refractivity contribution in [1.82, 2.24) is 9.55 Å². The van der Waals surface area contributed by atoms with Crippen LogP contribution in [0.3, 0.4) is 0 Å². The number of anilines is 2. The molecule has 0 saturated heterocycles. The van der Waals surface area contributed by atoms with E-state index < -0.39 is 40.7 Å². The maximum absolute atomic E-state index is 13.4. The molecule has 1 aromatic heterocycles. The highest BCUT2D eigenvalue weighted by atomic mass is 16.5. The van der Waals surface area contributed by atoms with Crippen LogP contribution >= 0.6 is 0 Å². The van der Waals surface area contributed by atoms with Gasteiger partial charge >= 0.3 is 11.7 Å². The van der Waals surface area contributed by atoms with E-state index in [1.54, 1.807) is 0 Å². The SMILES string of the molecule is CC(C)CN(C(=O)COC(=O)C12CC3CC(CC(O)(C3)C1)C2)c1c(N)n(Cc2ccccc2)c(=O)[nH]c1=O. The largest absolute Gasteiger partial charge is 0.455 e. The number of H-pyrrole nitrogens is 1. The highest BCUT2D eigenvalue weighted by Crippen LogP contribution is 2.62. The van der Waals surface area contributed by atoms with Crippen LogP contribution in [0.2, 0.25) is 0 Å². The number of esters is 1. The standard InChI is InChI=1S/C28H36N4O6/c1-17(2)13-31(22-23(29)32(26(36)30-24(22)34)14-18-6-4-3-5-7-18)21(33)15-38-25(35)27-9-19-8-20(10-27)12-28(37,11-19)16-27/h3-7,17,19-20,37H,8-16,29H2,1-2H3,(H,30,34,36). The van der Waals surface area contributed by atoms with Crippen molar-refractivity contribution < 1.29 is 19.4 Å². The van der Waals surface area contributed by atoms with Crippen molar-refractivity contribution >= 4 is 23.4 Å². The quantitative estimate of drug-likeness (QED) is 0.448. The Hall–Kier alpha value is -3.40. The number of nitrogen functional groups attached to an aromatic ring is 1. The Morgan fingerprint density at radius 1 is 1.16 bits per heavy atom. The number of benzene rings is 1. The lowest BCUT2D eigenvalue weighted by Crippen LogP contribution is -2.58. The van der Waals surface area contributed by atoms with Gasteiger partial charge < -0.3 is 20.5 Å². The highest BCUT2D eigenvalue weighted by Gasteiger charge is 2.61. The molecule has 4 N–H and O–H groups in total. The van der Waals surface area contributed by atoms with Gasteiger partial charge in [-0.2, -0.15) is 0 Å². The summed E-state index contributed by atoms with van der Waals surface area (Å²) in [6, 6.07) is 9.16. The van der Waals surface area contributed by atoms with Gasteiger partial charge in [0.05, 0.1) is 17.6 Å². The van der Waals surface area contributed by atoms with E-state index in [0.717, 1.165) is 24.8 Å². The van der Waals surface area contributed by atoms with Gasteiger partial charge in [0, 0.05) is 6.54 Å². The Bertz CT molecular complexity index is 1330. The number of carbonyl (C=O) groups is 2. The monoisotopic (exact) mass is 524 g/mol. The zero-order valence-electron chi connectivity index (χ0n) is 21.9. The van der Waals surface area contributed by atoms with Crippen LogP contribution in [0.25, 0.3) is 0 Å². The number of carbonyl (C=O) groups excluding carboxylic acids is 2. The minimum absolute atomic E-state index is 0.0413. The first-order valence-electron chi connectivity index (χ1n) is 13.4. The number of nitrogens with two attached hydrogens (primary N) is 1. The van der Waals surface area contributed by atoms with Crippen molar-refractivity contribution in [3.63, 3.8) is 0 Å². The molecule has 10 nitrogen and oxygen atoms in total. The number of rotatable bonds is 8. The predicted octanol–water partition coefficient (Wildman–Crippen LogP) is 2.03. The van der Waals surface area contributed by atoms with E-state index in [1.165, 1.54) is 9.47 Å². The number of aromatic nitrogens is 2. The van der Waals surface area contributed by atoms with Crippen molar-refractivity contribution in [2.24, 2.45) is 23.2 Å². The molecule has 4 saturated carbocycles. The van der Waals surface area contributed by atoms with Crippen LogP contribution in [0, 0.1) is 23.2 Å². The molecule has 0 radical (unpaired) electrons. The second-order valence-corrected chi connectivity index (χ2v) is 12.0. The third kappa shape index (κ3) is 4.89. The molecule has 1 amide bonds. The predicted molar refractivity (Wildman–Crippen MR) is 141 cm³/mol. The van der Waals surface area contributed by atoms with Crippen molar-refractivity contribution in [2.75, 3.05) is 23.8 Å². The topological polar surface area (TPSA) is 148 Å². The molecular weight excluding hydrogens is 488 g/mol. The first-order chi connectivity index (χ1) is 18.0. The van der Waals surface area contributed by atoms with E-state index >= 15 is 0 Å². The summed E-state index contributed by atoms with van der Waals surface area (Å²) >= 11 is 0. The maximum Gasteiger partial charge on any atom is 0.330 e. The number of aliphatic hydroxyl groups is 1. The molecule has 4 aliphatic rings. The number of hydrogen-bond acceptors (Lipinski definition) is 7. The second-order valence-electron chi connectivity index (χ2n) is 12.0. The van der Waals surface area contributed by atoms with Gasteiger partial charge in [0.15, 0.2) is 12.3 Å². The summed E-state index contributed by atoms with van der Waals surface area (Å²) in [7, 11) is 0. The minimum Gasteiger partial charge on any atom is -0.455 e. The zero-order chi connectivity index (χ0) is 27.2. The van der Waals surface area contributed by atoms with Crippen LogP contribution in [0.15, 0.2) is 39.9 Å². The third-order valence-corrected chi connectivity index (χ3v) is 8.31. The van der Waals surface area contributed by atoms with Crippen molar-refractivity contribution in [3.05, 3.63) is 56.7 Å². The summed E-state index contributed by atoms with van der Waals surface area (Å²) in [5.74, 6) is -0.639. The molecule has 2 unspecified atom stereocenters. The molecule has 1 heterocycles. The number of aromatic amines is 1. The third-order valence-electron chi connectivity index (χ3n) is 8.31. The molecule has 204 valence electrons. The number of amides is 1. The summed E-state index contributed by atoms with van der Waals surface area (Å²) in [6.45, 7) is 3.46. The van der Waals surface area contributed by atoms with Crippen LogP contribution in [-0.2, 0) is 20.9 Å². The summed E-state index contributed by atoms with van der Waals surface area (Å²) < 4.78 is 6.80. The molecule has 2 atom stereocenters. The zero-order valence-corrected chi connectivity index (χ0v) is 21.9. The molecule has 4 bridgehead atoms. The Kier molecular flexibility index (Phi) is 6.71. The van der Waals surface area contributed by atoms with Crippen LogP contribution in [-0.4, -0.2) is 45.3 Å². The summed E-state index contributed by atoms with van der Waals surface area (Å²) in [5, 5.41) is 11.0. The first kappa shape index (κ1) is 26.2. The molecule has 0 spiro atoms. The van der Waals surface area contributed by atoms with Gasteiger partial charge in [-0.3, -0.25) is 23.9 Å². The van der Waals surface area contributed by atoms with Gasteiger partial charge in [0.1, 0.15) is 5.82 Å². The van der Waals surface area contributed by atoms with Crippen LogP contribution in [0.5, 0.6) is 0 Å². The minimum atomic E-state index is -0.828. The smallest absolute Gasteiger partial charge is 0.330 e. The molecule has 6 rings (SSSR count). The van der Waals surface area contributed by atoms with E-state index in [9.17, 15) is 24.3 Å². The number of hydrogen-bond donors (Lipinski definition) is 3. The molecule has 10 heteroatoms. The van der Waals surface area contributed by atoms with Crippen LogP contribution < -0.4 is 21.9 Å². The Morgan fingerprint density at radius 3 is 2.42 bits per heavy atom. The number of nitrogens with one attached hydrogen (secondary N) is 1. The fourth-order valence-electron chi connectivity index (χ4n) is 7.26. The highest BCUT2D eigenvalue weighted by molar-refractivity contribution is 5.97. The molecule has 2 aromatic rings. The van der Waals surface area contributed by atoms with Crippen molar-refractivity contribution in [3.8, 4) is 0 Å². The fourth-order valence-corrected chi connectivity index (χ4v) is 7.26. The molecule has 4 aliphatic carbocycles. The summed E-state index contributed by atoms with van der Waals surface area (Å²) in [4.78, 5) is 55.8. The maximum atomic E-state index is 13.4. The summed E-state index contributed by atoms with van der Waals surface area (Å²) in [5.41, 5.74) is 3.95. The first-order valence-corrected chi connectivity index (χ1v) is 13.4. The van der Waals surface area contributed by atoms with E-state index in [1.807, 2.05) is 44.2 Å².